The molecule has 1 heterocycles. The third-order valence-corrected chi connectivity index (χ3v) is 4.31. The number of benzene rings is 1. The van der Waals surface area contributed by atoms with Crippen LogP contribution in [0.4, 0.5) is 10.1 Å². The van der Waals surface area contributed by atoms with E-state index in [1.165, 1.54) is 11.9 Å². The Bertz CT molecular complexity index is 802. The second-order valence-electron chi connectivity index (χ2n) is 5.83. The zero-order chi connectivity index (χ0) is 21.9. The van der Waals surface area contributed by atoms with Gasteiger partial charge in [-0.05, 0) is 37.1 Å². The maximum absolute atomic E-state index is 13.1. The van der Waals surface area contributed by atoms with Crippen molar-refractivity contribution < 1.29 is 18.8 Å². The van der Waals surface area contributed by atoms with E-state index in [1.807, 2.05) is 27.7 Å². The van der Waals surface area contributed by atoms with Gasteiger partial charge in [-0.25, -0.2) is 4.39 Å². The number of fused-ring (bicyclic) bond motifs is 1. The fourth-order valence-electron chi connectivity index (χ4n) is 2.95. The summed E-state index contributed by atoms with van der Waals surface area (Å²) < 4.78 is 13.1. The van der Waals surface area contributed by atoms with Crippen molar-refractivity contribution in [2.24, 2.45) is 0 Å². The highest BCUT2D eigenvalue weighted by Crippen LogP contribution is 2.22. The Morgan fingerprint density at radius 3 is 2.36 bits per heavy atom. The van der Waals surface area contributed by atoms with Crippen LogP contribution in [0.1, 0.15) is 54.4 Å². The molecular formula is C22H33FN2O3. The topological polar surface area (TPSA) is 66.5 Å². The van der Waals surface area contributed by atoms with E-state index in [1.54, 1.807) is 32.0 Å². The highest BCUT2D eigenvalue weighted by Gasteiger charge is 2.32. The van der Waals surface area contributed by atoms with Crippen LogP contribution in [-0.2, 0) is 14.4 Å². The molecule has 1 unspecified atom stereocenters. The van der Waals surface area contributed by atoms with Crippen molar-refractivity contribution in [1.82, 2.24) is 5.32 Å². The average molecular weight is 393 g/mol. The predicted octanol–water partition coefficient (Wildman–Crippen LogP) is 2.49. The van der Waals surface area contributed by atoms with E-state index >= 15 is 0 Å². The molecule has 0 bridgehead atoms. The number of aldehydes is 1. The normalized spacial score (nSPS) is 14.1. The zero-order valence-electron chi connectivity index (χ0n) is 18.1. The second-order valence-corrected chi connectivity index (χ2v) is 5.83. The van der Waals surface area contributed by atoms with Crippen LogP contribution in [0, 0.1) is 0 Å². The summed E-state index contributed by atoms with van der Waals surface area (Å²) in [5.74, 6) is -0.470. The van der Waals surface area contributed by atoms with Crippen molar-refractivity contribution in [3.63, 3.8) is 0 Å². The summed E-state index contributed by atoms with van der Waals surface area (Å²) in [4.78, 5) is 37.0. The van der Waals surface area contributed by atoms with Crippen LogP contribution in [0.3, 0.4) is 0 Å². The molecule has 5 nitrogen and oxygen atoms in total. The number of rotatable bonds is 6. The molecule has 6 heteroatoms. The van der Waals surface area contributed by atoms with Crippen LogP contribution >= 0.6 is 0 Å². The smallest absolute Gasteiger partial charge is 0.255 e. The van der Waals surface area contributed by atoms with Crippen molar-refractivity contribution in [3.05, 3.63) is 28.6 Å². The molecule has 2 rings (SSSR count). The first-order valence-electron chi connectivity index (χ1n) is 9.81. The molecule has 1 aliphatic heterocycles. The van der Waals surface area contributed by atoms with Gasteiger partial charge < -0.3 is 10.1 Å². The van der Waals surface area contributed by atoms with Gasteiger partial charge in [-0.2, -0.15) is 0 Å². The summed E-state index contributed by atoms with van der Waals surface area (Å²) >= 11 is 0. The minimum absolute atomic E-state index is 0.146. The lowest BCUT2D eigenvalue weighted by Gasteiger charge is -2.24. The Labute approximate surface area is 167 Å². The van der Waals surface area contributed by atoms with Crippen molar-refractivity contribution >= 4 is 34.9 Å². The van der Waals surface area contributed by atoms with Gasteiger partial charge in [0.2, 0.25) is 5.91 Å². The first-order chi connectivity index (χ1) is 13.5. The number of hydrogen-bond acceptors (Lipinski definition) is 3. The number of anilines is 1. The molecule has 1 aliphatic rings. The van der Waals surface area contributed by atoms with Gasteiger partial charge in [0.25, 0.3) is 5.91 Å². The molecule has 2 amide bonds. The van der Waals surface area contributed by atoms with Gasteiger partial charge in [-0.3, -0.25) is 14.5 Å². The molecule has 0 spiro atoms. The quantitative estimate of drug-likeness (QED) is 0.757. The Morgan fingerprint density at radius 1 is 1.25 bits per heavy atom. The number of nitrogens with zero attached hydrogens (tertiary/aromatic N) is 1. The number of nitrogens with one attached hydrogen (secondary N) is 1. The molecule has 1 aromatic carbocycles. The SMILES string of the molecule is CC.CC.CNC(=O)CCC(C=O)N1C(=O)C(C)=c2c1ccc/c2=C(/C)CF. The van der Waals surface area contributed by atoms with Gasteiger partial charge in [0.05, 0.1) is 11.7 Å². The Morgan fingerprint density at radius 2 is 1.86 bits per heavy atom. The maximum Gasteiger partial charge on any atom is 0.255 e. The fraction of sp³-hybridized carbons (Fsp3) is 0.500. The highest BCUT2D eigenvalue weighted by atomic mass is 19.1. The Hall–Kier alpha value is -2.50. The van der Waals surface area contributed by atoms with E-state index in [9.17, 15) is 18.8 Å². The first kappa shape index (κ1) is 25.5. The lowest BCUT2D eigenvalue weighted by Crippen LogP contribution is -2.41. The molecule has 156 valence electrons. The second kappa shape index (κ2) is 12.8. The van der Waals surface area contributed by atoms with Crippen LogP contribution in [0.5, 0.6) is 0 Å². The lowest BCUT2D eigenvalue weighted by atomic mass is 10.1. The molecule has 1 atom stereocenters. The molecule has 0 aromatic heterocycles. The monoisotopic (exact) mass is 392 g/mol. The van der Waals surface area contributed by atoms with Crippen molar-refractivity contribution in [2.75, 3.05) is 18.6 Å². The average Bonchev–Trinajstić information content (AvgIpc) is 3.01. The van der Waals surface area contributed by atoms with Gasteiger partial charge in [0.15, 0.2) is 0 Å². The largest absolute Gasteiger partial charge is 0.359 e. The predicted molar refractivity (Wildman–Crippen MR) is 113 cm³/mol. The van der Waals surface area contributed by atoms with E-state index < -0.39 is 12.7 Å². The van der Waals surface area contributed by atoms with E-state index in [0.717, 1.165) is 0 Å². The van der Waals surface area contributed by atoms with E-state index in [-0.39, 0.29) is 24.7 Å². The summed E-state index contributed by atoms with van der Waals surface area (Å²) in [6.45, 7) is 10.8. The Balaban J connectivity index is 0.00000171. The minimum Gasteiger partial charge on any atom is -0.359 e. The van der Waals surface area contributed by atoms with Crippen LogP contribution < -0.4 is 20.7 Å². The minimum atomic E-state index is -0.730. The summed E-state index contributed by atoms with van der Waals surface area (Å²) in [5, 5.41) is 3.85. The molecule has 0 saturated carbocycles. The maximum atomic E-state index is 13.1. The van der Waals surface area contributed by atoms with Crippen LogP contribution in [-0.4, -0.2) is 37.9 Å². The molecular weight excluding hydrogens is 359 g/mol. The summed E-state index contributed by atoms with van der Waals surface area (Å²) in [7, 11) is 1.52. The highest BCUT2D eigenvalue weighted by molar-refractivity contribution is 6.25. The third-order valence-electron chi connectivity index (χ3n) is 4.31. The molecule has 1 aromatic rings. The standard InChI is InChI=1S/C18H21FN2O3.2C2H6/c1-11(9-19)14-5-4-6-15-17(14)12(2)18(24)21(15)13(10-22)7-8-16(23)20-3;2*1-2/h4-6,10,13H,7-9H2,1-3H3,(H,20,23);2*1-2H3/b14-11+;;. The number of hydrogen-bond donors (Lipinski definition) is 1. The van der Waals surface area contributed by atoms with Gasteiger partial charge in [-0.15, -0.1) is 0 Å². The number of amides is 2. The third kappa shape index (κ3) is 5.50. The van der Waals surface area contributed by atoms with E-state index in [2.05, 4.69) is 5.32 Å². The van der Waals surface area contributed by atoms with Gasteiger partial charge in [0, 0.05) is 24.3 Å². The number of alkyl halides is 1. The van der Waals surface area contributed by atoms with Crippen molar-refractivity contribution in [1.29, 1.82) is 0 Å². The fourth-order valence-corrected chi connectivity index (χ4v) is 2.95. The summed E-state index contributed by atoms with van der Waals surface area (Å²) in [6, 6.07) is 4.53. The number of halogens is 1. The summed E-state index contributed by atoms with van der Waals surface area (Å²) in [6.07, 6.45) is 1.06. The van der Waals surface area contributed by atoms with Crippen molar-refractivity contribution in [2.45, 2.75) is 60.4 Å². The number of carbonyl (C=O) groups excluding carboxylic acids is 3. The van der Waals surface area contributed by atoms with Crippen LogP contribution in [0.15, 0.2) is 18.2 Å². The van der Waals surface area contributed by atoms with Crippen molar-refractivity contribution in [3.8, 4) is 0 Å². The van der Waals surface area contributed by atoms with Gasteiger partial charge in [0.1, 0.15) is 13.0 Å². The Kier molecular flexibility index (Phi) is 11.7. The molecule has 28 heavy (non-hydrogen) atoms. The van der Waals surface area contributed by atoms with Gasteiger partial charge in [-0.1, -0.05) is 39.8 Å². The molecule has 0 radical (unpaired) electrons. The van der Waals surface area contributed by atoms with Gasteiger partial charge >= 0.3 is 0 Å². The zero-order valence-corrected chi connectivity index (χ0v) is 18.1. The van der Waals surface area contributed by atoms with E-state index in [0.29, 0.717) is 33.6 Å². The molecule has 0 aliphatic carbocycles. The first-order valence-corrected chi connectivity index (χ1v) is 9.81. The van der Waals surface area contributed by atoms with E-state index in [4.69, 9.17) is 0 Å². The number of carbonyl (C=O) groups is 3. The molecule has 1 N–H and O–H groups in total. The lowest BCUT2D eigenvalue weighted by molar-refractivity contribution is -0.121. The molecule has 0 saturated heterocycles. The van der Waals surface area contributed by atoms with Crippen LogP contribution in [0.25, 0.3) is 11.1 Å². The molecule has 0 fully saturated rings. The summed E-state index contributed by atoms with van der Waals surface area (Å²) in [5.41, 5.74) is 1.62. The van der Waals surface area contributed by atoms with Crippen LogP contribution in [0.2, 0.25) is 0 Å².